The first kappa shape index (κ1) is 23.9. The van der Waals surface area contributed by atoms with Gasteiger partial charge in [-0.05, 0) is 56.5 Å². The minimum absolute atomic E-state index is 0.0799. The Kier molecular flexibility index (Phi) is 10.1. The highest BCUT2D eigenvalue weighted by atomic mass is 32.2. The summed E-state index contributed by atoms with van der Waals surface area (Å²) in [6.07, 6.45) is 5.51. The molecule has 0 aromatic carbocycles. The van der Waals surface area contributed by atoms with Gasteiger partial charge in [-0.25, -0.2) is 0 Å². The van der Waals surface area contributed by atoms with Gasteiger partial charge in [0.1, 0.15) is 6.10 Å². The van der Waals surface area contributed by atoms with Crippen molar-refractivity contribution in [3.8, 4) is 0 Å². The fourth-order valence-electron chi connectivity index (χ4n) is 2.39. The molecule has 152 valence electrons. The first-order chi connectivity index (χ1) is 12.1. The Hall–Kier alpha value is -0.143. The average molecular weight is 403 g/mol. The van der Waals surface area contributed by atoms with E-state index in [0.29, 0.717) is 13.0 Å². The molecule has 1 fully saturated rings. The van der Waals surface area contributed by atoms with Crippen LogP contribution in [0.5, 0.6) is 0 Å². The Morgan fingerprint density at radius 3 is 2.58 bits per heavy atom. The Balaban J connectivity index is 2.64. The minimum atomic E-state index is -1.99. The van der Waals surface area contributed by atoms with Gasteiger partial charge in [-0.1, -0.05) is 51.1 Å². The van der Waals surface area contributed by atoms with Crippen molar-refractivity contribution in [1.29, 1.82) is 0 Å². The molecule has 0 aliphatic carbocycles. The van der Waals surface area contributed by atoms with Crippen molar-refractivity contribution in [2.24, 2.45) is 0 Å². The molecule has 0 saturated carbocycles. The molecule has 1 aliphatic rings. The molecule has 0 radical (unpaired) electrons. The molecule has 1 aliphatic heterocycles. The Morgan fingerprint density at radius 1 is 1.35 bits per heavy atom. The van der Waals surface area contributed by atoms with Gasteiger partial charge in [0.25, 0.3) is 0 Å². The summed E-state index contributed by atoms with van der Waals surface area (Å²) in [4.78, 5) is 12.5. The number of ether oxygens (including phenoxy) is 2. The van der Waals surface area contributed by atoms with Crippen LogP contribution >= 0.6 is 11.8 Å². The summed E-state index contributed by atoms with van der Waals surface area (Å²) in [5, 5.41) is 0.223. The molecule has 26 heavy (non-hydrogen) atoms. The fourth-order valence-corrected chi connectivity index (χ4v) is 4.36. The summed E-state index contributed by atoms with van der Waals surface area (Å²) in [6, 6.07) is 0. The van der Waals surface area contributed by atoms with Crippen LogP contribution in [0, 0.1) is 0 Å². The Morgan fingerprint density at radius 2 is 2.04 bits per heavy atom. The van der Waals surface area contributed by atoms with Gasteiger partial charge in [0.15, 0.2) is 14.6 Å². The molecule has 0 aromatic rings. The summed E-state index contributed by atoms with van der Waals surface area (Å²) >= 11 is 1.36. The van der Waals surface area contributed by atoms with Crippen LogP contribution in [0.2, 0.25) is 18.1 Å². The molecule has 1 saturated heterocycles. The van der Waals surface area contributed by atoms with E-state index in [0.717, 1.165) is 30.8 Å². The number of thioether (sulfide) groups is 1. The van der Waals surface area contributed by atoms with E-state index in [1.165, 1.54) is 18.2 Å². The molecule has 2 atom stereocenters. The lowest BCUT2D eigenvalue weighted by Gasteiger charge is -2.38. The number of carbonyl (C=O) groups is 1. The summed E-state index contributed by atoms with van der Waals surface area (Å²) in [7, 11) is -1.99. The summed E-state index contributed by atoms with van der Waals surface area (Å²) in [5.74, 6) is 0.779. The normalized spacial score (nSPS) is 20.9. The van der Waals surface area contributed by atoms with Gasteiger partial charge in [0, 0.05) is 6.61 Å². The maximum atomic E-state index is 12.5. The van der Waals surface area contributed by atoms with E-state index < -0.39 is 8.32 Å². The molecule has 0 spiro atoms. The van der Waals surface area contributed by atoms with Gasteiger partial charge in [0.05, 0.1) is 6.61 Å². The molecule has 1 rings (SSSR count). The van der Waals surface area contributed by atoms with Crippen molar-refractivity contribution >= 4 is 25.2 Å². The van der Waals surface area contributed by atoms with E-state index in [2.05, 4.69) is 39.9 Å². The highest BCUT2D eigenvalue weighted by Crippen LogP contribution is 2.38. The highest BCUT2D eigenvalue weighted by Gasteiger charge is 2.40. The van der Waals surface area contributed by atoms with Crippen LogP contribution in [0.4, 0.5) is 0 Å². The monoisotopic (exact) mass is 402 g/mol. The van der Waals surface area contributed by atoms with E-state index in [1.54, 1.807) is 0 Å². The van der Waals surface area contributed by atoms with Gasteiger partial charge < -0.3 is 13.9 Å². The lowest BCUT2D eigenvalue weighted by atomic mass is 10.2. The van der Waals surface area contributed by atoms with Crippen LogP contribution in [0.15, 0.2) is 11.6 Å². The number of rotatable bonds is 9. The smallest absolute Gasteiger partial charge is 0.216 e. The fraction of sp³-hybridized carbons (Fsp3) is 0.850. The predicted octanol–water partition coefficient (Wildman–Crippen LogP) is 5.54. The molecular formula is C20H38O4SSi. The van der Waals surface area contributed by atoms with E-state index >= 15 is 0 Å². The SMILES string of the molecule is CCSC(=O)[C@H](C/C=C(/C)COC1CCCCO1)O[Si](C)(C)C(C)(C)C. The first-order valence-corrected chi connectivity index (χ1v) is 13.7. The molecule has 1 unspecified atom stereocenters. The van der Waals surface area contributed by atoms with Crippen LogP contribution in [0.1, 0.15) is 60.3 Å². The van der Waals surface area contributed by atoms with Crippen molar-refractivity contribution < 1.29 is 18.7 Å². The van der Waals surface area contributed by atoms with Crippen LogP contribution in [-0.4, -0.2) is 44.8 Å². The first-order valence-electron chi connectivity index (χ1n) is 9.80. The number of hydrogen-bond acceptors (Lipinski definition) is 5. The quantitative estimate of drug-likeness (QED) is 0.374. The van der Waals surface area contributed by atoms with E-state index in [-0.39, 0.29) is 22.5 Å². The van der Waals surface area contributed by atoms with Gasteiger partial charge in [-0.3, -0.25) is 4.79 Å². The second kappa shape index (κ2) is 11.0. The zero-order valence-corrected chi connectivity index (χ0v) is 19.5. The maximum Gasteiger partial charge on any atom is 0.216 e. The van der Waals surface area contributed by atoms with Gasteiger partial charge in [-0.2, -0.15) is 0 Å². The summed E-state index contributed by atoms with van der Waals surface area (Å²) in [5.41, 5.74) is 1.12. The molecule has 0 amide bonds. The van der Waals surface area contributed by atoms with Crippen LogP contribution in [-0.2, 0) is 18.7 Å². The zero-order chi connectivity index (χ0) is 19.8. The van der Waals surface area contributed by atoms with E-state index in [1.807, 2.05) is 13.8 Å². The Labute approximate surface area is 165 Å². The topological polar surface area (TPSA) is 44.8 Å². The molecule has 0 aromatic heterocycles. The Bertz CT molecular complexity index is 465. The minimum Gasteiger partial charge on any atom is -0.406 e. The van der Waals surface area contributed by atoms with Crippen LogP contribution in [0.3, 0.4) is 0 Å². The molecular weight excluding hydrogens is 364 g/mol. The zero-order valence-electron chi connectivity index (χ0n) is 17.7. The third-order valence-corrected chi connectivity index (χ3v) is 10.4. The number of hydrogen-bond donors (Lipinski definition) is 0. The van der Waals surface area contributed by atoms with E-state index in [9.17, 15) is 4.79 Å². The highest BCUT2D eigenvalue weighted by molar-refractivity contribution is 8.13. The van der Waals surface area contributed by atoms with Gasteiger partial charge in [0.2, 0.25) is 5.12 Å². The average Bonchev–Trinajstić information content (AvgIpc) is 2.56. The summed E-state index contributed by atoms with van der Waals surface area (Å²) in [6.45, 7) is 16.4. The van der Waals surface area contributed by atoms with Gasteiger partial charge in [-0.15, -0.1) is 0 Å². The molecule has 0 bridgehead atoms. The van der Waals surface area contributed by atoms with Crippen molar-refractivity contribution in [1.82, 2.24) is 0 Å². The van der Waals surface area contributed by atoms with Crippen molar-refractivity contribution in [2.45, 2.75) is 90.8 Å². The van der Waals surface area contributed by atoms with E-state index in [4.69, 9.17) is 13.9 Å². The largest absolute Gasteiger partial charge is 0.406 e. The molecule has 4 nitrogen and oxygen atoms in total. The van der Waals surface area contributed by atoms with Crippen LogP contribution < -0.4 is 0 Å². The number of carbonyl (C=O) groups excluding carboxylic acids is 1. The standard InChI is InChI=1S/C20H38O4SSi/c1-8-25-19(21)17(24-26(6,7)20(3,4)5)13-12-16(2)15-23-18-11-9-10-14-22-18/h12,17-18H,8-11,13-15H2,1-7H3/b16-12-/t17-,18?/m0/s1. The maximum absolute atomic E-state index is 12.5. The summed E-state index contributed by atoms with van der Waals surface area (Å²) < 4.78 is 17.8. The predicted molar refractivity (Wildman–Crippen MR) is 113 cm³/mol. The molecule has 0 N–H and O–H groups in total. The second-order valence-corrected chi connectivity index (χ2v) is 14.5. The second-order valence-electron chi connectivity index (χ2n) is 8.51. The molecule has 6 heteroatoms. The third kappa shape index (κ3) is 8.25. The van der Waals surface area contributed by atoms with Crippen molar-refractivity contribution in [3.63, 3.8) is 0 Å². The van der Waals surface area contributed by atoms with Crippen molar-refractivity contribution in [2.75, 3.05) is 19.0 Å². The van der Waals surface area contributed by atoms with Crippen molar-refractivity contribution in [3.05, 3.63) is 11.6 Å². The lowest BCUT2D eigenvalue weighted by molar-refractivity contribution is -0.156. The lowest BCUT2D eigenvalue weighted by Crippen LogP contribution is -2.45. The van der Waals surface area contributed by atoms with Gasteiger partial charge >= 0.3 is 0 Å². The van der Waals surface area contributed by atoms with Crippen LogP contribution in [0.25, 0.3) is 0 Å². The molecule has 1 heterocycles. The third-order valence-electron chi connectivity index (χ3n) is 5.11.